The molecule has 0 saturated carbocycles. The minimum atomic E-state index is -0.0547. The normalized spacial score (nSPS) is 17.4. The highest BCUT2D eigenvalue weighted by Gasteiger charge is 2.36. The average molecular weight is 421 g/mol. The molecule has 2 aromatic carbocycles. The summed E-state index contributed by atoms with van der Waals surface area (Å²) in [6.45, 7) is 9.67. The second-order valence-electron chi connectivity index (χ2n) is 8.78. The van der Waals surface area contributed by atoms with Gasteiger partial charge in [0, 0.05) is 44.5 Å². The molecular formula is C25H32N4O2. The summed E-state index contributed by atoms with van der Waals surface area (Å²) in [6, 6.07) is 14.6. The SMILES string of the molecule is Cc1ccc(CN2CCN(C3CCN(C(=O)Nc4cccc(C)c4C)CC3)C2=O)cc1. The first kappa shape index (κ1) is 21.2. The molecule has 1 N–H and O–H groups in total. The molecule has 0 bridgehead atoms. The Hall–Kier alpha value is -3.02. The van der Waals surface area contributed by atoms with Crippen molar-refractivity contribution in [1.82, 2.24) is 14.7 Å². The number of carbonyl (C=O) groups is 2. The van der Waals surface area contributed by atoms with Crippen LogP contribution in [0.2, 0.25) is 0 Å². The number of piperidine rings is 1. The van der Waals surface area contributed by atoms with Gasteiger partial charge in [-0.05, 0) is 56.4 Å². The van der Waals surface area contributed by atoms with E-state index in [0.717, 1.165) is 37.2 Å². The molecular weight excluding hydrogens is 388 g/mol. The molecule has 2 aromatic rings. The maximum absolute atomic E-state index is 13.0. The van der Waals surface area contributed by atoms with E-state index >= 15 is 0 Å². The maximum atomic E-state index is 13.0. The van der Waals surface area contributed by atoms with Crippen molar-refractivity contribution in [2.45, 2.75) is 46.2 Å². The van der Waals surface area contributed by atoms with Crippen molar-refractivity contribution in [3.63, 3.8) is 0 Å². The molecule has 6 nitrogen and oxygen atoms in total. The van der Waals surface area contributed by atoms with E-state index in [1.807, 2.05) is 46.7 Å². The Morgan fingerprint density at radius 1 is 0.968 bits per heavy atom. The fraction of sp³-hybridized carbons (Fsp3) is 0.440. The Kier molecular flexibility index (Phi) is 6.16. The number of rotatable bonds is 4. The van der Waals surface area contributed by atoms with Gasteiger partial charge < -0.3 is 20.0 Å². The van der Waals surface area contributed by atoms with E-state index < -0.39 is 0 Å². The van der Waals surface area contributed by atoms with Gasteiger partial charge in [0.2, 0.25) is 0 Å². The lowest BCUT2D eigenvalue weighted by molar-refractivity contribution is 0.139. The van der Waals surface area contributed by atoms with E-state index in [2.05, 4.69) is 36.5 Å². The molecule has 4 amide bonds. The summed E-state index contributed by atoms with van der Waals surface area (Å²) in [5.74, 6) is 0. The molecule has 2 aliphatic rings. The van der Waals surface area contributed by atoms with Crippen LogP contribution in [-0.2, 0) is 6.54 Å². The monoisotopic (exact) mass is 420 g/mol. The standard InChI is InChI=1S/C25H32N4O2/c1-18-7-9-21(10-8-18)17-28-15-16-29(25(28)31)22-11-13-27(14-12-22)24(30)26-23-6-4-5-19(2)20(23)3/h4-10,22H,11-17H2,1-3H3,(H,26,30). The van der Waals surface area contributed by atoms with Crippen LogP contribution in [0.25, 0.3) is 0 Å². The number of amides is 4. The van der Waals surface area contributed by atoms with E-state index in [1.165, 1.54) is 16.7 Å². The van der Waals surface area contributed by atoms with Crippen molar-refractivity contribution < 1.29 is 9.59 Å². The lowest BCUT2D eigenvalue weighted by Gasteiger charge is -2.36. The lowest BCUT2D eigenvalue weighted by atomic mass is 10.0. The molecule has 0 atom stereocenters. The van der Waals surface area contributed by atoms with Crippen molar-refractivity contribution >= 4 is 17.7 Å². The van der Waals surface area contributed by atoms with E-state index in [1.54, 1.807) is 0 Å². The molecule has 2 fully saturated rings. The number of urea groups is 2. The number of benzene rings is 2. The predicted octanol–water partition coefficient (Wildman–Crippen LogP) is 4.55. The third-order valence-corrected chi connectivity index (χ3v) is 6.66. The zero-order chi connectivity index (χ0) is 22.0. The van der Waals surface area contributed by atoms with Crippen LogP contribution in [0.15, 0.2) is 42.5 Å². The second-order valence-corrected chi connectivity index (χ2v) is 8.78. The van der Waals surface area contributed by atoms with Gasteiger partial charge >= 0.3 is 12.1 Å². The first-order valence-corrected chi connectivity index (χ1v) is 11.2. The number of nitrogens with zero attached hydrogens (tertiary/aromatic N) is 3. The largest absolute Gasteiger partial charge is 0.324 e. The Morgan fingerprint density at radius 2 is 1.68 bits per heavy atom. The zero-order valence-electron chi connectivity index (χ0n) is 18.7. The van der Waals surface area contributed by atoms with Gasteiger partial charge in [-0.2, -0.15) is 0 Å². The molecule has 2 heterocycles. The van der Waals surface area contributed by atoms with Crippen LogP contribution in [0.5, 0.6) is 0 Å². The Bertz CT molecular complexity index is 948. The number of hydrogen-bond acceptors (Lipinski definition) is 2. The van der Waals surface area contributed by atoms with Gasteiger partial charge in [0.25, 0.3) is 0 Å². The summed E-state index contributed by atoms with van der Waals surface area (Å²) in [5.41, 5.74) is 5.53. The highest BCUT2D eigenvalue weighted by molar-refractivity contribution is 5.90. The number of hydrogen-bond donors (Lipinski definition) is 1. The average Bonchev–Trinajstić information content (AvgIpc) is 3.13. The number of anilines is 1. The van der Waals surface area contributed by atoms with E-state index in [-0.39, 0.29) is 18.1 Å². The van der Waals surface area contributed by atoms with Crippen LogP contribution in [0.3, 0.4) is 0 Å². The van der Waals surface area contributed by atoms with Gasteiger partial charge in [-0.3, -0.25) is 0 Å². The molecule has 6 heteroatoms. The Labute approximate surface area is 184 Å². The molecule has 4 rings (SSSR count). The van der Waals surface area contributed by atoms with Gasteiger partial charge in [0.15, 0.2) is 0 Å². The highest BCUT2D eigenvalue weighted by atomic mass is 16.2. The highest BCUT2D eigenvalue weighted by Crippen LogP contribution is 2.24. The fourth-order valence-corrected chi connectivity index (χ4v) is 4.46. The molecule has 0 spiro atoms. The summed E-state index contributed by atoms with van der Waals surface area (Å²) in [6.07, 6.45) is 1.65. The van der Waals surface area contributed by atoms with Crippen molar-refractivity contribution in [3.8, 4) is 0 Å². The first-order chi connectivity index (χ1) is 14.9. The first-order valence-electron chi connectivity index (χ1n) is 11.2. The number of aryl methyl sites for hydroxylation is 2. The summed E-state index contributed by atoms with van der Waals surface area (Å²) in [5, 5.41) is 3.05. The van der Waals surface area contributed by atoms with Crippen LogP contribution >= 0.6 is 0 Å². The molecule has 0 radical (unpaired) electrons. The summed E-state index contributed by atoms with van der Waals surface area (Å²) >= 11 is 0. The van der Waals surface area contributed by atoms with Gasteiger partial charge in [-0.1, -0.05) is 42.0 Å². The summed E-state index contributed by atoms with van der Waals surface area (Å²) < 4.78 is 0. The molecule has 0 unspecified atom stereocenters. The quantitative estimate of drug-likeness (QED) is 0.789. The number of nitrogens with one attached hydrogen (secondary N) is 1. The molecule has 2 aliphatic heterocycles. The van der Waals surface area contributed by atoms with Crippen LogP contribution in [0.4, 0.5) is 15.3 Å². The smallest absolute Gasteiger partial charge is 0.321 e. The van der Waals surface area contributed by atoms with Crippen molar-refractivity contribution in [3.05, 3.63) is 64.7 Å². The minimum absolute atomic E-state index is 0.0547. The number of likely N-dealkylation sites (tertiary alicyclic amines) is 1. The van der Waals surface area contributed by atoms with Crippen molar-refractivity contribution in [1.29, 1.82) is 0 Å². The third kappa shape index (κ3) is 4.68. The van der Waals surface area contributed by atoms with Crippen molar-refractivity contribution in [2.75, 3.05) is 31.5 Å². The van der Waals surface area contributed by atoms with Gasteiger partial charge in [0.05, 0.1) is 0 Å². The van der Waals surface area contributed by atoms with Gasteiger partial charge in [-0.15, -0.1) is 0 Å². The van der Waals surface area contributed by atoms with Gasteiger partial charge in [-0.25, -0.2) is 9.59 Å². The zero-order valence-corrected chi connectivity index (χ0v) is 18.7. The van der Waals surface area contributed by atoms with Crippen LogP contribution in [0, 0.1) is 20.8 Å². The Morgan fingerprint density at radius 3 is 2.39 bits per heavy atom. The van der Waals surface area contributed by atoms with Crippen LogP contribution in [-0.4, -0.2) is 59.0 Å². The molecule has 0 aliphatic carbocycles. The van der Waals surface area contributed by atoms with Crippen LogP contribution < -0.4 is 5.32 Å². The minimum Gasteiger partial charge on any atom is -0.324 e. The second kappa shape index (κ2) is 9.00. The lowest BCUT2D eigenvalue weighted by Crippen LogP contribution is -2.49. The van der Waals surface area contributed by atoms with Gasteiger partial charge in [0.1, 0.15) is 0 Å². The van der Waals surface area contributed by atoms with E-state index in [4.69, 9.17) is 0 Å². The number of carbonyl (C=O) groups excluding carboxylic acids is 2. The maximum Gasteiger partial charge on any atom is 0.321 e. The molecule has 0 aromatic heterocycles. The summed E-state index contributed by atoms with van der Waals surface area (Å²) in [4.78, 5) is 31.5. The van der Waals surface area contributed by atoms with Crippen molar-refractivity contribution in [2.24, 2.45) is 0 Å². The Balaban J connectivity index is 1.29. The predicted molar refractivity (Wildman–Crippen MR) is 123 cm³/mol. The fourth-order valence-electron chi connectivity index (χ4n) is 4.46. The third-order valence-electron chi connectivity index (χ3n) is 6.66. The molecule has 164 valence electrons. The van der Waals surface area contributed by atoms with Crippen LogP contribution in [0.1, 0.15) is 35.1 Å². The van der Waals surface area contributed by atoms with E-state index in [9.17, 15) is 9.59 Å². The summed E-state index contributed by atoms with van der Waals surface area (Å²) in [7, 11) is 0. The molecule has 2 saturated heterocycles. The molecule has 31 heavy (non-hydrogen) atoms. The van der Waals surface area contributed by atoms with E-state index in [0.29, 0.717) is 19.6 Å². The topological polar surface area (TPSA) is 55.9 Å².